The second-order valence-electron chi connectivity index (χ2n) is 16.8. The van der Waals surface area contributed by atoms with Crippen LogP contribution in [0.25, 0.3) is 55.1 Å². The Morgan fingerprint density at radius 2 is 1.15 bits per heavy atom. The molecule has 0 atom stereocenters. The predicted molar refractivity (Wildman–Crippen MR) is 260 cm³/mol. The van der Waals surface area contributed by atoms with Gasteiger partial charge in [0.2, 0.25) is 0 Å². The highest BCUT2D eigenvalue weighted by Gasteiger charge is 2.31. The molecule has 4 heterocycles. The van der Waals surface area contributed by atoms with E-state index in [9.17, 15) is 0 Å². The van der Waals surface area contributed by atoms with E-state index in [1.54, 1.807) is 0 Å². The monoisotopic (exact) mass is 803 g/mol. The van der Waals surface area contributed by atoms with Crippen molar-refractivity contribution in [3.05, 3.63) is 199 Å². The topological polar surface area (TPSA) is 41.4 Å². The first-order valence-electron chi connectivity index (χ1n) is 21.7. The van der Waals surface area contributed by atoms with E-state index in [0.29, 0.717) is 18.4 Å². The molecular weight excluding hydrogens is 757 g/mol. The molecule has 0 fully saturated rings. The van der Waals surface area contributed by atoms with E-state index in [1.165, 1.54) is 49.4 Å². The summed E-state index contributed by atoms with van der Waals surface area (Å²) in [7, 11) is 0. The van der Waals surface area contributed by atoms with Gasteiger partial charge in [0.25, 0.3) is 0 Å². The van der Waals surface area contributed by atoms with Crippen molar-refractivity contribution in [2.45, 2.75) is 39.5 Å². The first-order chi connectivity index (χ1) is 30.5. The van der Waals surface area contributed by atoms with Gasteiger partial charge in [-0.2, -0.15) is 4.58 Å². The highest BCUT2D eigenvalue weighted by atomic mass is 15.2. The molecule has 7 aromatic carbocycles. The first-order valence-corrected chi connectivity index (χ1v) is 21.7. The van der Waals surface area contributed by atoms with Gasteiger partial charge in [-0.15, -0.1) is 0 Å². The van der Waals surface area contributed by atoms with Crippen LogP contribution in [0.2, 0.25) is 0 Å². The Balaban J connectivity index is 1.12. The number of rotatable bonds is 9. The van der Waals surface area contributed by atoms with Crippen molar-refractivity contribution < 1.29 is 4.58 Å². The van der Waals surface area contributed by atoms with Gasteiger partial charge in [-0.3, -0.25) is 4.57 Å². The molecule has 0 N–H and O–H groups in total. The fourth-order valence-electron chi connectivity index (χ4n) is 9.68. The third-order valence-electron chi connectivity index (χ3n) is 12.4. The lowest BCUT2D eigenvalue weighted by molar-refractivity contribution is -0.297. The summed E-state index contributed by atoms with van der Waals surface area (Å²) < 4.78 is 7.08. The molecule has 3 aromatic heterocycles. The van der Waals surface area contributed by atoms with E-state index in [4.69, 9.17) is 9.98 Å². The average molecular weight is 804 g/mol. The molecule has 0 radical (unpaired) electrons. The van der Waals surface area contributed by atoms with Gasteiger partial charge < -0.3 is 9.47 Å². The maximum Gasteiger partial charge on any atom is 0.330 e. The van der Waals surface area contributed by atoms with Gasteiger partial charge in [0.05, 0.1) is 27.6 Å². The van der Waals surface area contributed by atoms with Gasteiger partial charge in [0.15, 0.2) is 6.54 Å². The normalized spacial score (nSPS) is 12.9. The number of fused-ring (bicyclic) bond motifs is 7. The lowest BCUT2D eigenvalue weighted by Gasteiger charge is -2.26. The van der Waals surface area contributed by atoms with Crippen molar-refractivity contribution in [1.82, 2.24) is 14.1 Å². The largest absolute Gasteiger partial charge is 0.330 e. The van der Waals surface area contributed by atoms with Gasteiger partial charge in [0, 0.05) is 61.6 Å². The van der Waals surface area contributed by atoms with E-state index in [1.807, 2.05) is 12.3 Å². The zero-order valence-electron chi connectivity index (χ0n) is 35.4. The number of aliphatic imine (C=N–C) groups is 1. The number of aromatic nitrogens is 3. The quantitative estimate of drug-likeness (QED) is 0.136. The van der Waals surface area contributed by atoms with Gasteiger partial charge >= 0.3 is 5.84 Å². The summed E-state index contributed by atoms with van der Waals surface area (Å²) in [5, 5.41) is 4.85. The van der Waals surface area contributed by atoms with Crippen LogP contribution in [-0.4, -0.2) is 37.3 Å². The van der Waals surface area contributed by atoms with Crippen molar-refractivity contribution in [2.24, 2.45) is 4.99 Å². The van der Waals surface area contributed by atoms with Crippen molar-refractivity contribution in [3.8, 4) is 11.5 Å². The zero-order valence-corrected chi connectivity index (χ0v) is 35.4. The van der Waals surface area contributed by atoms with Crippen molar-refractivity contribution >= 4 is 78.4 Å². The lowest BCUT2D eigenvalue weighted by atomic mass is 9.92. The highest BCUT2D eigenvalue weighted by molar-refractivity contribution is 6.29. The molecule has 1 aliphatic rings. The molecule has 0 saturated heterocycles. The third-order valence-corrected chi connectivity index (χ3v) is 12.4. The van der Waals surface area contributed by atoms with Crippen LogP contribution >= 0.6 is 0 Å². The average Bonchev–Trinajstić information content (AvgIpc) is 4.03. The molecule has 11 rings (SSSR count). The van der Waals surface area contributed by atoms with Crippen LogP contribution in [0.5, 0.6) is 0 Å². The maximum absolute atomic E-state index is 5.14. The predicted octanol–water partition coefficient (Wildman–Crippen LogP) is 14.2. The Morgan fingerprint density at radius 1 is 0.516 bits per heavy atom. The standard InChI is InChI=1S/C56H47N6/c1-37(2)44-24-16-25-45(38(3)4)55(44)59-34-33-58-56(59)39-17-15-22-42(35-39)60(40-18-7-5-8-19-40)43-28-29-47-51(36-43)62(52-27-13-14-32-57-52)50-31-30-49-53(54(47)50)46-23-11-12-26-48(46)61(49)41-20-9-6-10-21-41/h5-32,34-38H,33H2,1-4H3/q+1. The number of nitrogens with zero attached hydrogens (tertiary/aromatic N) is 6. The van der Waals surface area contributed by atoms with E-state index in [2.05, 4.69) is 222 Å². The molecule has 1 aliphatic heterocycles. The van der Waals surface area contributed by atoms with Crippen molar-refractivity contribution in [1.29, 1.82) is 0 Å². The van der Waals surface area contributed by atoms with E-state index in [-0.39, 0.29) is 0 Å². The Bertz CT molecular complexity index is 3350. The summed E-state index contributed by atoms with van der Waals surface area (Å²) in [4.78, 5) is 12.5. The molecule has 0 spiro atoms. The number of hydrogen-bond donors (Lipinski definition) is 0. The van der Waals surface area contributed by atoms with Crippen LogP contribution in [0.3, 0.4) is 0 Å². The summed E-state index contributed by atoms with van der Waals surface area (Å²) in [5.74, 6) is 2.59. The molecule has 0 aliphatic carbocycles. The molecule has 62 heavy (non-hydrogen) atoms. The second-order valence-corrected chi connectivity index (χ2v) is 16.8. The summed E-state index contributed by atoms with van der Waals surface area (Å²) >= 11 is 0. The molecule has 6 heteroatoms. The minimum Gasteiger partial charge on any atom is -0.310 e. The molecule has 0 amide bonds. The molecule has 6 nitrogen and oxygen atoms in total. The zero-order chi connectivity index (χ0) is 41.9. The second kappa shape index (κ2) is 15.2. The SMILES string of the molecule is CC(C)c1cccc(C(C)C)c1[N+]1=CCN=C1c1cccc(N(c2ccccc2)c2ccc3c4c5c6ccccc6n(-c6ccccc6)c5ccc4n(-c4ccccn4)c3c2)c1. The Morgan fingerprint density at radius 3 is 1.87 bits per heavy atom. The Kier molecular flexibility index (Phi) is 9.15. The van der Waals surface area contributed by atoms with Crippen LogP contribution < -0.4 is 4.90 Å². The van der Waals surface area contributed by atoms with Gasteiger partial charge in [-0.05, 0) is 96.8 Å². The summed E-state index contributed by atoms with van der Waals surface area (Å²) in [5.41, 5.74) is 13.9. The summed E-state index contributed by atoms with van der Waals surface area (Å²) in [6.45, 7) is 9.76. The van der Waals surface area contributed by atoms with E-state index < -0.39 is 0 Å². The molecule has 0 saturated carbocycles. The fourth-order valence-corrected chi connectivity index (χ4v) is 9.68. The minimum atomic E-state index is 0.369. The number of hydrogen-bond acceptors (Lipinski definition) is 3. The van der Waals surface area contributed by atoms with Crippen molar-refractivity contribution in [3.63, 3.8) is 0 Å². The maximum atomic E-state index is 5.14. The molecule has 300 valence electrons. The van der Waals surface area contributed by atoms with E-state index in [0.717, 1.165) is 51.0 Å². The summed E-state index contributed by atoms with van der Waals surface area (Å²) in [6.07, 6.45) is 4.12. The first kappa shape index (κ1) is 37.4. The van der Waals surface area contributed by atoms with Crippen LogP contribution in [-0.2, 0) is 0 Å². The molecule has 0 bridgehead atoms. The van der Waals surface area contributed by atoms with Crippen LogP contribution in [0, 0.1) is 0 Å². The molecule has 10 aromatic rings. The molecule has 0 unspecified atom stereocenters. The Hall–Kier alpha value is -7.57. The van der Waals surface area contributed by atoms with Crippen LogP contribution in [0.1, 0.15) is 56.2 Å². The van der Waals surface area contributed by atoms with Gasteiger partial charge in [-0.1, -0.05) is 124 Å². The minimum absolute atomic E-state index is 0.369. The number of pyridine rings is 1. The van der Waals surface area contributed by atoms with Crippen LogP contribution in [0.15, 0.2) is 187 Å². The smallest absolute Gasteiger partial charge is 0.310 e. The summed E-state index contributed by atoms with van der Waals surface area (Å²) in [6, 6.07) is 63.4. The Labute approximate surface area is 362 Å². The number of amidine groups is 1. The van der Waals surface area contributed by atoms with Gasteiger partial charge in [-0.25, -0.2) is 4.98 Å². The number of para-hydroxylation sites is 4. The van der Waals surface area contributed by atoms with Crippen molar-refractivity contribution in [2.75, 3.05) is 11.4 Å². The number of anilines is 3. The highest BCUT2D eigenvalue weighted by Crippen LogP contribution is 2.45. The van der Waals surface area contributed by atoms with Gasteiger partial charge in [0.1, 0.15) is 17.7 Å². The van der Waals surface area contributed by atoms with E-state index >= 15 is 0 Å². The number of benzene rings is 7. The third kappa shape index (κ3) is 6.05. The fraction of sp³-hybridized carbons (Fsp3) is 0.125. The lowest BCUT2D eigenvalue weighted by Crippen LogP contribution is -2.19. The molecular formula is C56H47N6+. The van der Waals surface area contributed by atoms with Crippen LogP contribution in [0.4, 0.5) is 22.7 Å².